The number of carboxylic acid groups (broad SMARTS) is 1. The van der Waals surface area contributed by atoms with Gasteiger partial charge in [-0.15, -0.1) is 0 Å². The van der Waals surface area contributed by atoms with Crippen LogP contribution in [-0.4, -0.2) is 35.1 Å². The first-order valence-corrected chi connectivity index (χ1v) is 6.01. The third-order valence-electron chi connectivity index (χ3n) is 4.26. The quantitative estimate of drug-likeness (QED) is 0.779. The second kappa shape index (κ2) is 4.97. The summed E-state index contributed by atoms with van der Waals surface area (Å²) in [6.45, 7) is 8.16. The minimum atomic E-state index is -0.699. The van der Waals surface area contributed by atoms with Crippen LogP contribution in [0.25, 0.3) is 0 Å². The maximum absolute atomic E-state index is 10.9. The first kappa shape index (κ1) is 12.5. The molecule has 0 aliphatic carbocycles. The molecular formula is C12H23NO2. The van der Waals surface area contributed by atoms with E-state index in [9.17, 15) is 4.79 Å². The summed E-state index contributed by atoms with van der Waals surface area (Å²) < 4.78 is 0. The number of rotatable bonds is 4. The Hall–Kier alpha value is -0.570. The van der Waals surface area contributed by atoms with Gasteiger partial charge in [0.15, 0.2) is 0 Å². The van der Waals surface area contributed by atoms with Crippen LogP contribution in [0.1, 0.15) is 46.5 Å². The van der Waals surface area contributed by atoms with Crippen LogP contribution in [0.15, 0.2) is 0 Å². The lowest BCUT2D eigenvalue weighted by molar-refractivity contribution is -0.143. The highest BCUT2D eigenvalue weighted by atomic mass is 16.4. The van der Waals surface area contributed by atoms with Gasteiger partial charge in [0.1, 0.15) is 6.04 Å². The fourth-order valence-electron chi connectivity index (χ4n) is 2.50. The topological polar surface area (TPSA) is 40.5 Å². The minimum absolute atomic E-state index is 0.322. The lowest BCUT2D eigenvalue weighted by atomic mass is 9.74. The second-order valence-electron chi connectivity index (χ2n) is 4.76. The molecule has 1 fully saturated rings. The molecule has 0 aromatic heterocycles. The van der Waals surface area contributed by atoms with Crippen LogP contribution < -0.4 is 0 Å². The average molecular weight is 213 g/mol. The molecule has 1 unspecified atom stereocenters. The molecule has 0 bridgehead atoms. The molecule has 3 heteroatoms. The van der Waals surface area contributed by atoms with Crippen LogP contribution in [0.4, 0.5) is 0 Å². The van der Waals surface area contributed by atoms with E-state index >= 15 is 0 Å². The van der Waals surface area contributed by atoms with E-state index in [1.54, 1.807) is 6.92 Å². The molecule has 1 aliphatic rings. The van der Waals surface area contributed by atoms with Crippen molar-refractivity contribution in [2.75, 3.05) is 13.1 Å². The maximum Gasteiger partial charge on any atom is 0.320 e. The maximum atomic E-state index is 10.9. The van der Waals surface area contributed by atoms with Gasteiger partial charge in [-0.05, 0) is 38.3 Å². The predicted molar refractivity (Wildman–Crippen MR) is 60.9 cm³/mol. The van der Waals surface area contributed by atoms with Gasteiger partial charge in [-0.2, -0.15) is 0 Å². The van der Waals surface area contributed by atoms with Gasteiger partial charge in [0, 0.05) is 0 Å². The highest BCUT2D eigenvalue weighted by Crippen LogP contribution is 2.38. The number of likely N-dealkylation sites (tertiary alicyclic amines) is 1. The van der Waals surface area contributed by atoms with Gasteiger partial charge in [-0.1, -0.05) is 26.7 Å². The number of aliphatic carboxylic acids is 1. The third kappa shape index (κ3) is 2.71. The van der Waals surface area contributed by atoms with E-state index in [1.807, 2.05) is 0 Å². The van der Waals surface area contributed by atoms with Crippen LogP contribution in [0.5, 0.6) is 0 Å². The van der Waals surface area contributed by atoms with Crippen molar-refractivity contribution in [2.45, 2.75) is 52.5 Å². The summed E-state index contributed by atoms with van der Waals surface area (Å²) in [6.07, 6.45) is 4.74. The lowest BCUT2D eigenvalue weighted by Gasteiger charge is -2.42. The summed E-state index contributed by atoms with van der Waals surface area (Å²) in [5.41, 5.74) is 0.481. The van der Waals surface area contributed by atoms with Crippen molar-refractivity contribution in [1.29, 1.82) is 0 Å². The van der Waals surface area contributed by atoms with E-state index in [2.05, 4.69) is 18.7 Å². The highest BCUT2D eigenvalue weighted by Gasteiger charge is 2.33. The molecule has 0 aromatic carbocycles. The molecule has 0 aromatic rings. The highest BCUT2D eigenvalue weighted by molar-refractivity contribution is 5.72. The van der Waals surface area contributed by atoms with E-state index in [1.165, 1.54) is 12.8 Å². The lowest BCUT2D eigenvalue weighted by Crippen LogP contribution is -2.46. The summed E-state index contributed by atoms with van der Waals surface area (Å²) in [5.74, 6) is -0.699. The first-order valence-electron chi connectivity index (χ1n) is 6.01. The Morgan fingerprint density at radius 2 is 1.80 bits per heavy atom. The Morgan fingerprint density at radius 3 is 2.13 bits per heavy atom. The van der Waals surface area contributed by atoms with E-state index < -0.39 is 5.97 Å². The Labute approximate surface area is 92.5 Å². The van der Waals surface area contributed by atoms with Crippen molar-refractivity contribution < 1.29 is 9.90 Å². The molecule has 0 radical (unpaired) electrons. The Balaban J connectivity index is 2.51. The van der Waals surface area contributed by atoms with Crippen LogP contribution in [0, 0.1) is 5.41 Å². The zero-order chi connectivity index (χ0) is 11.5. The first-order chi connectivity index (χ1) is 7.04. The summed E-state index contributed by atoms with van der Waals surface area (Å²) in [4.78, 5) is 12.9. The number of carboxylic acids is 1. The summed E-state index contributed by atoms with van der Waals surface area (Å²) in [5, 5.41) is 8.94. The zero-order valence-electron chi connectivity index (χ0n) is 10.1. The fourth-order valence-corrected chi connectivity index (χ4v) is 2.50. The van der Waals surface area contributed by atoms with Crippen molar-refractivity contribution in [3.05, 3.63) is 0 Å². The predicted octanol–water partition coefficient (Wildman–Crippen LogP) is 2.36. The van der Waals surface area contributed by atoms with Gasteiger partial charge in [0.05, 0.1) is 0 Å². The Bertz CT molecular complexity index is 214. The van der Waals surface area contributed by atoms with Crippen LogP contribution in [0.3, 0.4) is 0 Å². The Kier molecular flexibility index (Phi) is 4.14. The third-order valence-corrected chi connectivity index (χ3v) is 4.26. The van der Waals surface area contributed by atoms with Crippen molar-refractivity contribution in [2.24, 2.45) is 5.41 Å². The zero-order valence-corrected chi connectivity index (χ0v) is 10.1. The summed E-state index contributed by atoms with van der Waals surface area (Å²) in [6, 6.07) is -0.322. The van der Waals surface area contributed by atoms with Gasteiger partial charge in [0.2, 0.25) is 0 Å². The molecule has 1 atom stereocenters. The standard InChI is InChI=1S/C12H23NO2/c1-4-12(5-2)6-8-13(9-7-12)10(3)11(14)15/h10H,4-9H2,1-3H3,(H,14,15). The van der Waals surface area contributed by atoms with Gasteiger partial charge in [-0.3, -0.25) is 9.69 Å². The molecule has 1 saturated heterocycles. The molecular weight excluding hydrogens is 190 g/mol. The summed E-state index contributed by atoms with van der Waals surface area (Å²) >= 11 is 0. The van der Waals surface area contributed by atoms with Crippen LogP contribution in [0.2, 0.25) is 0 Å². The average Bonchev–Trinajstić information content (AvgIpc) is 2.28. The minimum Gasteiger partial charge on any atom is -0.480 e. The Morgan fingerprint density at radius 1 is 1.33 bits per heavy atom. The number of piperidine rings is 1. The van der Waals surface area contributed by atoms with Crippen LogP contribution in [-0.2, 0) is 4.79 Å². The van der Waals surface area contributed by atoms with E-state index in [4.69, 9.17) is 5.11 Å². The SMILES string of the molecule is CCC1(CC)CCN(C(C)C(=O)O)CC1. The molecule has 1 aliphatic heterocycles. The van der Waals surface area contributed by atoms with Gasteiger partial charge >= 0.3 is 5.97 Å². The molecule has 1 N–H and O–H groups in total. The number of hydrogen-bond acceptors (Lipinski definition) is 2. The van der Waals surface area contributed by atoms with Crippen LogP contribution >= 0.6 is 0 Å². The largest absolute Gasteiger partial charge is 0.480 e. The number of hydrogen-bond donors (Lipinski definition) is 1. The smallest absolute Gasteiger partial charge is 0.320 e. The monoisotopic (exact) mass is 213 g/mol. The van der Waals surface area contributed by atoms with Crippen molar-refractivity contribution in [1.82, 2.24) is 4.90 Å². The van der Waals surface area contributed by atoms with Gasteiger partial charge in [-0.25, -0.2) is 0 Å². The molecule has 0 amide bonds. The molecule has 3 nitrogen and oxygen atoms in total. The molecule has 1 heterocycles. The molecule has 1 rings (SSSR count). The van der Waals surface area contributed by atoms with Crippen molar-refractivity contribution >= 4 is 5.97 Å². The second-order valence-corrected chi connectivity index (χ2v) is 4.76. The molecule has 88 valence electrons. The van der Waals surface area contributed by atoms with E-state index in [-0.39, 0.29) is 6.04 Å². The molecule has 15 heavy (non-hydrogen) atoms. The molecule has 0 spiro atoms. The van der Waals surface area contributed by atoms with Crippen molar-refractivity contribution in [3.8, 4) is 0 Å². The van der Waals surface area contributed by atoms with E-state index in [0.717, 1.165) is 25.9 Å². The fraction of sp³-hybridized carbons (Fsp3) is 0.917. The van der Waals surface area contributed by atoms with Crippen molar-refractivity contribution in [3.63, 3.8) is 0 Å². The molecule has 0 saturated carbocycles. The number of carbonyl (C=O) groups is 1. The number of nitrogens with zero attached hydrogens (tertiary/aromatic N) is 1. The normalized spacial score (nSPS) is 23.7. The summed E-state index contributed by atoms with van der Waals surface area (Å²) in [7, 11) is 0. The van der Waals surface area contributed by atoms with Gasteiger partial charge < -0.3 is 5.11 Å². The van der Waals surface area contributed by atoms with E-state index in [0.29, 0.717) is 5.41 Å². The van der Waals surface area contributed by atoms with Gasteiger partial charge in [0.25, 0.3) is 0 Å².